The van der Waals surface area contributed by atoms with Crippen molar-refractivity contribution in [1.29, 1.82) is 0 Å². The van der Waals surface area contributed by atoms with Crippen LogP contribution in [0.4, 0.5) is 10.5 Å². The molecule has 0 radical (unpaired) electrons. The number of anilines is 1. The van der Waals surface area contributed by atoms with Crippen LogP contribution in [0.2, 0.25) is 0 Å². The fraction of sp³-hybridized carbons (Fsp3) is 0.562. The monoisotopic (exact) mass is 570 g/mol. The Morgan fingerprint density at radius 3 is 2.30 bits per heavy atom. The summed E-state index contributed by atoms with van der Waals surface area (Å²) in [6.45, 7) is 13.2. The molecule has 1 atom stereocenters. The van der Waals surface area contributed by atoms with Crippen LogP contribution in [0.5, 0.6) is 0 Å². The Labute approximate surface area is 246 Å². The molecule has 7 nitrogen and oxygen atoms in total. The van der Waals surface area contributed by atoms with Crippen molar-refractivity contribution in [2.75, 3.05) is 57.8 Å². The van der Waals surface area contributed by atoms with E-state index in [1.807, 2.05) is 46.2 Å². The van der Waals surface area contributed by atoms with Crippen molar-refractivity contribution in [2.24, 2.45) is 5.92 Å². The Kier molecular flexibility index (Phi) is 12.8. The molecule has 1 N–H and O–H groups in total. The number of amides is 3. The van der Waals surface area contributed by atoms with Gasteiger partial charge >= 0.3 is 6.03 Å². The van der Waals surface area contributed by atoms with E-state index in [9.17, 15) is 9.59 Å². The number of aryl methyl sites for hydroxylation is 1. The third-order valence-corrected chi connectivity index (χ3v) is 8.13. The first-order chi connectivity index (χ1) is 19.0. The van der Waals surface area contributed by atoms with E-state index in [0.717, 1.165) is 64.0 Å². The molecule has 3 amide bonds. The first kappa shape index (κ1) is 31.9. The van der Waals surface area contributed by atoms with Gasteiger partial charge in [-0.15, -0.1) is 12.4 Å². The Balaban J connectivity index is 0.00000441. The highest BCUT2D eigenvalue weighted by molar-refractivity contribution is 6.04. The van der Waals surface area contributed by atoms with Gasteiger partial charge in [0.2, 0.25) is 0 Å². The van der Waals surface area contributed by atoms with Crippen LogP contribution < -0.4 is 5.32 Å². The number of carbonyl (C=O) groups is 2. The number of carbonyl (C=O) groups excluding carboxylic acids is 2. The Bertz CT molecular complexity index is 1070. The minimum atomic E-state index is -0.0751. The lowest BCUT2D eigenvalue weighted by molar-refractivity contribution is 0.0386. The van der Waals surface area contributed by atoms with E-state index >= 15 is 0 Å². The zero-order chi connectivity index (χ0) is 27.6. The summed E-state index contributed by atoms with van der Waals surface area (Å²) in [6, 6.07) is 16.6. The molecule has 2 aromatic carbocycles. The molecular formula is C32H47ClN4O3. The molecule has 2 saturated heterocycles. The molecular weight excluding hydrogens is 524 g/mol. The fourth-order valence-corrected chi connectivity index (χ4v) is 5.71. The summed E-state index contributed by atoms with van der Waals surface area (Å²) in [5.41, 5.74) is 3.97. The van der Waals surface area contributed by atoms with Gasteiger partial charge in [-0.3, -0.25) is 4.79 Å². The van der Waals surface area contributed by atoms with E-state index < -0.39 is 0 Å². The molecule has 0 aliphatic carbocycles. The molecule has 2 aliphatic heterocycles. The van der Waals surface area contributed by atoms with Gasteiger partial charge in [0.25, 0.3) is 5.91 Å². The van der Waals surface area contributed by atoms with Crippen molar-refractivity contribution < 1.29 is 14.3 Å². The number of nitrogens with one attached hydrogen (secondary N) is 1. The van der Waals surface area contributed by atoms with Crippen LogP contribution in [0.3, 0.4) is 0 Å². The minimum Gasteiger partial charge on any atom is -0.378 e. The smallest absolute Gasteiger partial charge is 0.320 e. The van der Waals surface area contributed by atoms with Gasteiger partial charge in [-0.1, -0.05) is 38.1 Å². The number of rotatable bonds is 10. The van der Waals surface area contributed by atoms with E-state index in [2.05, 4.69) is 43.1 Å². The molecule has 0 bridgehead atoms. The number of urea groups is 1. The highest BCUT2D eigenvalue weighted by Crippen LogP contribution is 2.23. The third kappa shape index (κ3) is 8.95. The predicted octanol–water partition coefficient (Wildman–Crippen LogP) is 5.73. The molecule has 1 unspecified atom stereocenters. The molecule has 0 saturated carbocycles. The van der Waals surface area contributed by atoms with Gasteiger partial charge in [-0.2, -0.15) is 0 Å². The summed E-state index contributed by atoms with van der Waals surface area (Å²) >= 11 is 0. The maximum Gasteiger partial charge on any atom is 0.320 e. The lowest BCUT2D eigenvalue weighted by Crippen LogP contribution is -2.51. The van der Waals surface area contributed by atoms with E-state index in [-0.39, 0.29) is 24.3 Å². The second-order valence-corrected chi connectivity index (χ2v) is 11.1. The number of hydrogen-bond donors (Lipinski definition) is 1. The van der Waals surface area contributed by atoms with Gasteiger partial charge in [0.15, 0.2) is 0 Å². The summed E-state index contributed by atoms with van der Waals surface area (Å²) in [6.07, 6.45) is 5.13. The van der Waals surface area contributed by atoms with Crippen LogP contribution in [0.1, 0.15) is 61.5 Å². The second kappa shape index (κ2) is 16.0. The first-order valence-corrected chi connectivity index (χ1v) is 14.8. The molecule has 8 heteroatoms. The zero-order valence-corrected chi connectivity index (χ0v) is 25.3. The standard InChI is InChI=1S/C32H46N4O3.ClH/c1-4-15-36(24-27-13-16-34(17-14-27)32(38)35-18-20-39-21-19-35)25(3)22-28-7-6-8-30(23-28)33-31(37)29-11-9-26(5-2)10-12-29;/h6-12,23,25,27H,4-5,13-22,24H2,1-3H3,(H,33,37);1H. The Morgan fingerprint density at radius 2 is 1.65 bits per heavy atom. The van der Waals surface area contributed by atoms with E-state index in [1.165, 1.54) is 11.1 Å². The number of hydrogen-bond acceptors (Lipinski definition) is 4. The number of nitrogens with zero attached hydrogens (tertiary/aromatic N) is 3. The molecule has 220 valence electrons. The molecule has 2 fully saturated rings. The number of benzene rings is 2. The van der Waals surface area contributed by atoms with E-state index in [0.29, 0.717) is 43.8 Å². The van der Waals surface area contributed by atoms with Crippen molar-refractivity contribution in [3.63, 3.8) is 0 Å². The van der Waals surface area contributed by atoms with E-state index in [4.69, 9.17) is 4.74 Å². The number of likely N-dealkylation sites (tertiary alicyclic amines) is 1. The first-order valence-electron chi connectivity index (χ1n) is 14.8. The zero-order valence-electron chi connectivity index (χ0n) is 24.4. The quantitative estimate of drug-likeness (QED) is 0.396. The highest BCUT2D eigenvalue weighted by Gasteiger charge is 2.29. The highest BCUT2D eigenvalue weighted by atomic mass is 35.5. The van der Waals surface area contributed by atoms with Crippen molar-refractivity contribution in [2.45, 2.75) is 58.9 Å². The number of morpholine rings is 1. The van der Waals surface area contributed by atoms with Crippen LogP contribution in [0.25, 0.3) is 0 Å². The van der Waals surface area contributed by atoms with Crippen LogP contribution in [0.15, 0.2) is 48.5 Å². The summed E-state index contributed by atoms with van der Waals surface area (Å²) in [5.74, 6) is 0.534. The largest absolute Gasteiger partial charge is 0.378 e. The van der Waals surface area contributed by atoms with Gasteiger partial charge in [0.05, 0.1) is 13.2 Å². The summed E-state index contributed by atoms with van der Waals surface area (Å²) in [4.78, 5) is 32.2. The van der Waals surface area contributed by atoms with Gasteiger partial charge in [0.1, 0.15) is 0 Å². The van der Waals surface area contributed by atoms with Gasteiger partial charge in [-0.05, 0) is 86.9 Å². The summed E-state index contributed by atoms with van der Waals surface area (Å²) in [5, 5.41) is 3.07. The van der Waals surface area contributed by atoms with E-state index in [1.54, 1.807) is 0 Å². The normalized spacial score (nSPS) is 16.9. The number of halogens is 1. The SMILES string of the molecule is CCCN(CC1CCN(C(=O)N2CCOCC2)CC1)C(C)Cc1cccc(NC(=O)c2ccc(CC)cc2)c1.Cl. The summed E-state index contributed by atoms with van der Waals surface area (Å²) in [7, 11) is 0. The Hall–Kier alpha value is -2.61. The molecule has 4 rings (SSSR count). The molecule has 2 aromatic rings. The van der Waals surface area contributed by atoms with Crippen molar-refractivity contribution >= 4 is 30.0 Å². The Morgan fingerprint density at radius 1 is 0.975 bits per heavy atom. The minimum absolute atomic E-state index is 0. The number of piperidine rings is 1. The maximum atomic E-state index is 12.9. The molecule has 2 heterocycles. The third-order valence-electron chi connectivity index (χ3n) is 8.13. The lowest BCUT2D eigenvalue weighted by atomic mass is 9.95. The van der Waals surface area contributed by atoms with Crippen molar-refractivity contribution in [3.8, 4) is 0 Å². The van der Waals surface area contributed by atoms with Gasteiger partial charge < -0.3 is 24.8 Å². The van der Waals surface area contributed by atoms with Gasteiger partial charge in [-0.25, -0.2) is 4.79 Å². The van der Waals surface area contributed by atoms with Crippen molar-refractivity contribution in [3.05, 3.63) is 65.2 Å². The van der Waals surface area contributed by atoms with Gasteiger partial charge in [0, 0.05) is 50.0 Å². The van der Waals surface area contributed by atoms with Crippen LogP contribution in [0, 0.1) is 5.92 Å². The average Bonchev–Trinajstić information content (AvgIpc) is 2.97. The molecule has 0 aromatic heterocycles. The lowest BCUT2D eigenvalue weighted by Gasteiger charge is -2.39. The second-order valence-electron chi connectivity index (χ2n) is 11.1. The number of ether oxygens (including phenoxy) is 1. The van der Waals surface area contributed by atoms with Crippen molar-refractivity contribution in [1.82, 2.24) is 14.7 Å². The average molecular weight is 571 g/mol. The van der Waals surface area contributed by atoms with Crippen LogP contribution in [-0.4, -0.2) is 85.2 Å². The molecule has 2 aliphatic rings. The fourth-order valence-electron chi connectivity index (χ4n) is 5.71. The topological polar surface area (TPSA) is 65.1 Å². The maximum absolute atomic E-state index is 12.9. The van der Waals surface area contributed by atoms with Crippen LogP contribution in [-0.2, 0) is 17.6 Å². The summed E-state index contributed by atoms with van der Waals surface area (Å²) < 4.78 is 5.40. The van der Waals surface area contributed by atoms with Crippen LogP contribution >= 0.6 is 12.4 Å². The predicted molar refractivity (Wildman–Crippen MR) is 165 cm³/mol. The molecule has 0 spiro atoms. The molecule has 40 heavy (non-hydrogen) atoms.